The van der Waals surface area contributed by atoms with Crippen LogP contribution < -0.4 is 14.4 Å². The number of carbonyl (C=O) groups excluding carboxylic acids is 1. The Bertz CT molecular complexity index is 1110. The fourth-order valence-electron chi connectivity index (χ4n) is 3.59. The topological polar surface area (TPSA) is 70.1 Å². The monoisotopic (exact) mass is 546 g/mol. The highest BCUT2D eigenvalue weighted by atomic mass is 79.9. The molecule has 2 heterocycles. The summed E-state index contributed by atoms with van der Waals surface area (Å²) in [5.74, 6) is 0.951. The lowest BCUT2D eigenvalue weighted by atomic mass is 10.1. The summed E-state index contributed by atoms with van der Waals surface area (Å²) in [6.45, 7) is 7.63. The molecular weight excluding hydrogens is 520 g/mol. The highest BCUT2D eigenvalue weighted by Gasteiger charge is 2.15. The minimum Gasteiger partial charge on any atom is -0.486 e. The van der Waals surface area contributed by atoms with E-state index in [0.29, 0.717) is 24.7 Å². The second-order valence-corrected chi connectivity index (χ2v) is 10.1. The average Bonchev–Trinajstić information content (AvgIpc) is 3.23. The summed E-state index contributed by atoms with van der Waals surface area (Å²) in [4.78, 5) is 18.6. The van der Waals surface area contributed by atoms with E-state index in [-0.39, 0.29) is 12.6 Å². The third kappa shape index (κ3) is 6.28. The Morgan fingerprint density at radius 1 is 1.15 bits per heavy atom. The van der Waals surface area contributed by atoms with Gasteiger partial charge in [-0.1, -0.05) is 12.1 Å². The maximum atomic E-state index is 11.5. The Balaban J connectivity index is 1.35. The fraction of sp³-hybridized carbons (Fsp3) is 0.360. The smallest absolute Gasteiger partial charge is 0.344 e. The number of carbonyl (C=O) groups is 1. The number of aromatic nitrogens is 1. The molecule has 7 nitrogen and oxygen atoms in total. The average molecular weight is 547 g/mol. The van der Waals surface area contributed by atoms with E-state index >= 15 is 0 Å². The van der Waals surface area contributed by atoms with Gasteiger partial charge in [0.05, 0.1) is 29.3 Å². The van der Waals surface area contributed by atoms with Crippen LogP contribution in [0.4, 0.5) is 5.69 Å². The van der Waals surface area contributed by atoms with E-state index in [1.807, 2.05) is 19.1 Å². The molecule has 0 saturated carbocycles. The van der Waals surface area contributed by atoms with Gasteiger partial charge in [0.25, 0.3) is 0 Å². The van der Waals surface area contributed by atoms with Crippen LogP contribution in [0.1, 0.15) is 17.5 Å². The van der Waals surface area contributed by atoms with Gasteiger partial charge in [0.15, 0.2) is 6.61 Å². The van der Waals surface area contributed by atoms with Crippen molar-refractivity contribution in [2.75, 3.05) is 44.4 Å². The highest BCUT2D eigenvalue weighted by Crippen LogP contribution is 2.34. The van der Waals surface area contributed by atoms with E-state index in [1.165, 1.54) is 5.69 Å². The van der Waals surface area contributed by atoms with Crippen LogP contribution in [-0.4, -0.2) is 50.5 Å². The molecule has 34 heavy (non-hydrogen) atoms. The van der Waals surface area contributed by atoms with Crippen molar-refractivity contribution in [3.05, 3.63) is 56.8 Å². The lowest BCUT2D eigenvalue weighted by molar-refractivity contribution is -0.145. The zero-order valence-electron chi connectivity index (χ0n) is 19.2. The molecule has 2 aromatic carbocycles. The third-order valence-electron chi connectivity index (χ3n) is 5.31. The molecule has 0 radical (unpaired) electrons. The SMILES string of the molecule is CCOC(=O)COc1ccc(OCc2nc(-c3ccc(N4CCOCC4)cc3)c(Br)s2)cc1C. The summed E-state index contributed by atoms with van der Waals surface area (Å²) in [5, 5.41) is 0.874. The van der Waals surface area contributed by atoms with Crippen molar-refractivity contribution >= 4 is 38.9 Å². The van der Waals surface area contributed by atoms with Crippen LogP contribution in [0.3, 0.4) is 0 Å². The van der Waals surface area contributed by atoms with Gasteiger partial charge in [-0.3, -0.25) is 0 Å². The number of halogens is 1. The maximum Gasteiger partial charge on any atom is 0.344 e. The van der Waals surface area contributed by atoms with Gasteiger partial charge in [-0.05, 0) is 65.7 Å². The molecule has 0 spiro atoms. The van der Waals surface area contributed by atoms with E-state index in [2.05, 4.69) is 45.1 Å². The first-order chi connectivity index (χ1) is 16.5. The molecule has 0 amide bonds. The predicted molar refractivity (Wildman–Crippen MR) is 136 cm³/mol. The van der Waals surface area contributed by atoms with Crippen LogP contribution >= 0.6 is 27.3 Å². The number of hydrogen-bond acceptors (Lipinski definition) is 8. The van der Waals surface area contributed by atoms with E-state index < -0.39 is 0 Å². The van der Waals surface area contributed by atoms with Crippen molar-refractivity contribution in [3.63, 3.8) is 0 Å². The molecule has 0 aliphatic carbocycles. The second kappa shape index (κ2) is 11.7. The minimum absolute atomic E-state index is 0.113. The van der Waals surface area contributed by atoms with Gasteiger partial charge in [-0.15, -0.1) is 11.3 Å². The summed E-state index contributed by atoms with van der Waals surface area (Å²) in [5.41, 5.74) is 4.05. The zero-order chi connectivity index (χ0) is 23.9. The summed E-state index contributed by atoms with van der Waals surface area (Å²) >= 11 is 5.22. The van der Waals surface area contributed by atoms with Gasteiger partial charge in [0.1, 0.15) is 23.1 Å². The second-order valence-electron chi connectivity index (χ2n) is 7.69. The summed E-state index contributed by atoms with van der Waals surface area (Å²) < 4.78 is 22.8. The number of rotatable bonds is 9. The Morgan fingerprint density at radius 2 is 1.91 bits per heavy atom. The molecule has 0 N–H and O–H groups in total. The normalized spacial score (nSPS) is 13.6. The lowest BCUT2D eigenvalue weighted by Gasteiger charge is -2.28. The van der Waals surface area contributed by atoms with Crippen LogP contribution in [0.2, 0.25) is 0 Å². The minimum atomic E-state index is -0.386. The van der Waals surface area contributed by atoms with Gasteiger partial charge in [0, 0.05) is 24.3 Å². The Morgan fingerprint density at radius 3 is 2.62 bits per heavy atom. The van der Waals surface area contributed by atoms with Gasteiger partial charge < -0.3 is 23.8 Å². The van der Waals surface area contributed by atoms with Gasteiger partial charge in [-0.25, -0.2) is 9.78 Å². The Hall–Kier alpha value is -2.62. The number of morpholine rings is 1. The van der Waals surface area contributed by atoms with Crippen molar-refractivity contribution in [1.29, 1.82) is 0 Å². The molecule has 1 aliphatic rings. The lowest BCUT2D eigenvalue weighted by Crippen LogP contribution is -2.36. The molecule has 1 aliphatic heterocycles. The quantitative estimate of drug-likeness (QED) is 0.340. The number of aryl methyl sites for hydroxylation is 1. The summed E-state index contributed by atoms with van der Waals surface area (Å²) in [7, 11) is 0. The number of esters is 1. The van der Waals surface area contributed by atoms with E-state index in [1.54, 1.807) is 24.3 Å². The van der Waals surface area contributed by atoms with Gasteiger partial charge in [-0.2, -0.15) is 0 Å². The van der Waals surface area contributed by atoms with Crippen molar-refractivity contribution in [1.82, 2.24) is 4.98 Å². The molecule has 180 valence electrons. The first-order valence-corrected chi connectivity index (χ1v) is 12.7. The van der Waals surface area contributed by atoms with Crippen molar-refractivity contribution in [2.24, 2.45) is 0 Å². The standard InChI is InChI=1S/C25H27BrN2O5S/c1-3-31-23(29)16-33-21-9-8-20(14-17(21)2)32-15-22-27-24(25(26)34-22)18-4-6-19(7-5-18)28-10-12-30-13-11-28/h4-9,14H,3,10-13,15-16H2,1-2H3. The third-order valence-corrected chi connectivity index (χ3v) is 6.99. The van der Waals surface area contributed by atoms with Crippen LogP contribution in [0.15, 0.2) is 46.3 Å². The number of ether oxygens (including phenoxy) is 4. The van der Waals surface area contributed by atoms with Gasteiger partial charge >= 0.3 is 5.97 Å². The van der Waals surface area contributed by atoms with E-state index in [4.69, 9.17) is 23.9 Å². The van der Waals surface area contributed by atoms with Crippen molar-refractivity contribution < 1.29 is 23.7 Å². The predicted octanol–water partition coefficient (Wildman–Crippen LogP) is 5.24. The van der Waals surface area contributed by atoms with Crippen LogP contribution in [0.5, 0.6) is 11.5 Å². The zero-order valence-corrected chi connectivity index (χ0v) is 21.6. The number of anilines is 1. The molecule has 1 fully saturated rings. The number of benzene rings is 2. The first-order valence-electron chi connectivity index (χ1n) is 11.1. The first kappa shape index (κ1) is 24.5. The van der Waals surface area contributed by atoms with Crippen molar-refractivity contribution in [2.45, 2.75) is 20.5 Å². The Labute approximate surface area is 211 Å². The highest BCUT2D eigenvalue weighted by molar-refractivity contribution is 9.11. The van der Waals surface area contributed by atoms with Crippen LogP contribution in [-0.2, 0) is 20.9 Å². The fourth-order valence-corrected chi connectivity index (χ4v) is 5.19. The maximum absolute atomic E-state index is 11.5. The Kier molecular flexibility index (Phi) is 8.42. The molecule has 1 aromatic heterocycles. The molecule has 9 heteroatoms. The summed E-state index contributed by atoms with van der Waals surface area (Å²) in [6.07, 6.45) is 0. The summed E-state index contributed by atoms with van der Waals surface area (Å²) in [6, 6.07) is 14.0. The van der Waals surface area contributed by atoms with Gasteiger partial charge in [0.2, 0.25) is 0 Å². The van der Waals surface area contributed by atoms with Crippen molar-refractivity contribution in [3.8, 4) is 22.8 Å². The van der Waals surface area contributed by atoms with Crippen LogP contribution in [0.25, 0.3) is 11.3 Å². The molecule has 4 rings (SSSR count). The molecule has 0 bridgehead atoms. The molecule has 0 atom stereocenters. The molecule has 0 unspecified atom stereocenters. The van der Waals surface area contributed by atoms with E-state index in [0.717, 1.165) is 51.9 Å². The van der Waals surface area contributed by atoms with Crippen LogP contribution in [0, 0.1) is 6.92 Å². The number of nitrogens with zero attached hydrogens (tertiary/aromatic N) is 2. The van der Waals surface area contributed by atoms with E-state index in [9.17, 15) is 4.79 Å². The largest absolute Gasteiger partial charge is 0.486 e. The molecule has 3 aromatic rings. The molecule has 1 saturated heterocycles. The number of thiazole rings is 1. The number of hydrogen-bond donors (Lipinski definition) is 0. The molecular formula is C25H27BrN2O5S.